The van der Waals surface area contributed by atoms with Crippen molar-refractivity contribution in [3.63, 3.8) is 0 Å². The predicted molar refractivity (Wildman–Crippen MR) is 92.9 cm³/mol. The Balaban J connectivity index is 1.94. The normalized spacial score (nSPS) is 14.2. The lowest BCUT2D eigenvalue weighted by Crippen LogP contribution is -2.41. The van der Waals surface area contributed by atoms with Gasteiger partial charge in [-0.2, -0.15) is 0 Å². The summed E-state index contributed by atoms with van der Waals surface area (Å²) in [4.78, 5) is 23.5. The maximum absolute atomic E-state index is 12.7. The molecule has 0 saturated carbocycles. The third-order valence-electron chi connectivity index (χ3n) is 3.70. The average Bonchev–Trinajstić information content (AvgIpc) is 2.67. The number of aromatic nitrogens is 2. The first-order valence-electron chi connectivity index (χ1n) is 7.94. The van der Waals surface area contributed by atoms with Crippen LogP contribution in [0.3, 0.4) is 0 Å². The maximum Gasteiger partial charge on any atom is 0.272 e. The molecule has 24 heavy (non-hydrogen) atoms. The molecule has 1 saturated heterocycles. The molecule has 0 bridgehead atoms. The molecule has 6 nitrogen and oxygen atoms in total. The third kappa shape index (κ3) is 3.78. The molecule has 0 aliphatic carbocycles. The molecule has 0 unspecified atom stereocenters. The van der Waals surface area contributed by atoms with Crippen molar-refractivity contribution in [2.24, 2.45) is 0 Å². The topological polar surface area (TPSA) is 67.4 Å². The van der Waals surface area contributed by atoms with Gasteiger partial charge in [-0.1, -0.05) is 36.4 Å². The molecule has 1 N–H and O–H groups in total. The molecule has 1 amide bonds. The first-order valence-corrected chi connectivity index (χ1v) is 7.94. The van der Waals surface area contributed by atoms with E-state index in [2.05, 4.69) is 21.9 Å². The molecule has 2 aromatic rings. The molecule has 1 aliphatic heterocycles. The lowest BCUT2D eigenvalue weighted by molar-refractivity contribution is 0.0299. The van der Waals surface area contributed by atoms with E-state index in [9.17, 15) is 4.79 Å². The summed E-state index contributed by atoms with van der Waals surface area (Å²) >= 11 is 0. The monoisotopic (exact) mass is 324 g/mol. The Morgan fingerprint density at radius 1 is 1.25 bits per heavy atom. The number of amides is 1. The highest BCUT2D eigenvalue weighted by Gasteiger charge is 2.21. The van der Waals surface area contributed by atoms with Crippen LogP contribution in [0.2, 0.25) is 0 Å². The zero-order chi connectivity index (χ0) is 16.8. The molecule has 1 aliphatic rings. The zero-order valence-corrected chi connectivity index (χ0v) is 13.4. The lowest BCUT2D eigenvalue weighted by atomic mass is 10.2. The standard InChI is InChI=1S/C18H20N4O2/c1-2-8-19-16-13-15(18(23)22-9-11-24-12-10-22)20-17(21-16)14-6-4-3-5-7-14/h2-7,13H,1,8-12H2,(H,19,20,21). The number of rotatable bonds is 5. The van der Waals surface area contributed by atoms with Crippen molar-refractivity contribution in [1.82, 2.24) is 14.9 Å². The van der Waals surface area contributed by atoms with Crippen LogP contribution in [-0.2, 0) is 4.74 Å². The summed E-state index contributed by atoms with van der Waals surface area (Å²) in [5, 5.41) is 3.14. The number of hydrogen-bond donors (Lipinski definition) is 1. The summed E-state index contributed by atoms with van der Waals surface area (Å²) in [5.41, 5.74) is 1.26. The predicted octanol–water partition coefficient (Wildman–Crippen LogP) is 2.21. The Morgan fingerprint density at radius 2 is 2.00 bits per heavy atom. The Bertz CT molecular complexity index is 712. The minimum absolute atomic E-state index is 0.0977. The SMILES string of the molecule is C=CCNc1cc(C(=O)N2CCOCC2)nc(-c2ccccc2)n1. The fourth-order valence-electron chi connectivity index (χ4n) is 2.47. The van der Waals surface area contributed by atoms with Crippen LogP contribution in [-0.4, -0.2) is 53.6 Å². The van der Waals surface area contributed by atoms with E-state index in [4.69, 9.17) is 4.74 Å². The maximum atomic E-state index is 12.7. The van der Waals surface area contributed by atoms with Crippen molar-refractivity contribution in [1.29, 1.82) is 0 Å². The summed E-state index contributed by atoms with van der Waals surface area (Å²) in [6.45, 7) is 6.54. The van der Waals surface area contributed by atoms with Gasteiger partial charge >= 0.3 is 0 Å². The molecule has 0 spiro atoms. The van der Waals surface area contributed by atoms with Crippen molar-refractivity contribution in [3.8, 4) is 11.4 Å². The summed E-state index contributed by atoms with van der Waals surface area (Å²) in [5.74, 6) is 1.04. The second kappa shape index (κ2) is 7.70. The number of carbonyl (C=O) groups is 1. The largest absolute Gasteiger partial charge is 0.378 e. The molecule has 1 fully saturated rings. The van der Waals surface area contributed by atoms with Gasteiger partial charge in [0, 0.05) is 31.3 Å². The van der Waals surface area contributed by atoms with Gasteiger partial charge in [-0.3, -0.25) is 4.79 Å². The Morgan fingerprint density at radius 3 is 2.71 bits per heavy atom. The molecule has 6 heteroatoms. The highest BCUT2D eigenvalue weighted by atomic mass is 16.5. The molecule has 0 atom stereocenters. The van der Waals surface area contributed by atoms with Crippen LogP contribution < -0.4 is 5.32 Å². The zero-order valence-electron chi connectivity index (χ0n) is 13.4. The summed E-state index contributed by atoms with van der Waals surface area (Å²) in [6.07, 6.45) is 1.74. The highest BCUT2D eigenvalue weighted by molar-refractivity contribution is 5.93. The van der Waals surface area contributed by atoms with E-state index < -0.39 is 0 Å². The Labute approximate surface area is 141 Å². The quantitative estimate of drug-likeness (QED) is 0.854. The van der Waals surface area contributed by atoms with E-state index >= 15 is 0 Å². The molecular weight excluding hydrogens is 304 g/mol. The molecule has 2 heterocycles. The van der Waals surface area contributed by atoms with E-state index in [0.717, 1.165) is 5.56 Å². The molecule has 1 aromatic carbocycles. The van der Waals surface area contributed by atoms with Crippen molar-refractivity contribution < 1.29 is 9.53 Å². The van der Waals surface area contributed by atoms with Crippen molar-refractivity contribution >= 4 is 11.7 Å². The van der Waals surface area contributed by atoms with Crippen molar-refractivity contribution in [3.05, 3.63) is 54.7 Å². The smallest absolute Gasteiger partial charge is 0.272 e. The van der Waals surface area contributed by atoms with E-state index in [0.29, 0.717) is 50.2 Å². The molecule has 124 valence electrons. The summed E-state index contributed by atoms with van der Waals surface area (Å²) in [6, 6.07) is 11.3. The fraction of sp³-hybridized carbons (Fsp3) is 0.278. The van der Waals surface area contributed by atoms with Gasteiger partial charge < -0.3 is 15.0 Å². The molecule has 1 aromatic heterocycles. The second-order valence-electron chi connectivity index (χ2n) is 5.40. The van der Waals surface area contributed by atoms with Gasteiger partial charge in [0.25, 0.3) is 5.91 Å². The van der Waals surface area contributed by atoms with Gasteiger partial charge in [-0.15, -0.1) is 6.58 Å². The van der Waals surface area contributed by atoms with E-state index in [-0.39, 0.29) is 5.91 Å². The minimum Gasteiger partial charge on any atom is -0.378 e. The number of carbonyl (C=O) groups excluding carboxylic acids is 1. The van der Waals surface area contributed by atoms with Gasteiger partial charge in [0.1, 0.15) is 11.5 Å². The van der Waals surface area contributed by atoms with Crippen molar-refractivity contribution in [2.45, 2.75) is 0 Å². The van der Waals surface area contributed by atoms with Crippen LogP contribution in [0.25, 0.3) is 11.4 Å². The van der Waals surface area contributed by atoms with Crippen LogP contribution in [0.1, 0.15) is 10.5 Å². The first kappa shape index (κ1) is 16.1. The number of nitrogens with zero attached hydrogens (tertiary/aromatic N) is 3. The summed E-state index contributed by atoms with van der Waals surface area (Å²) < 4.78 is 5.31. The number of ether oxygens (including phenoxy) is 1. The van der Waals surface area contributed by atoms with Crippen LogP contribution in [0.5, 0.6) is 0 Å². The molecule has 0 radical (unpaired) electrons. The van der Waals surface area contributed by atoms with Gasteiger partial charge in [0.05, 0.1) is 13.2 Å². The van der Waals surface area contributed by atoms with Crippen LogP contribution in [0, 0.1) is 0 Å². The molecular formula is C18H20N4O2. The van der Waals surface area contributed by atoms with E-state index in [1.54, 1.807) is 17.0 Å². The second-order valence-corrected chi connectivity index (χ2v) is 5.40. The average molecular weight is 324 g/mol. The number of morpholine rings is 1. The van der Waals surface area contributed by atoms with Crippen LogP contribution >= 0.6 is 0 Å². The van der Waals surface area contributed by atoms with Gasteiger partial charge in [0.2, 0.25) is 0 Å². The lowest BCUT2D eigenvalue weighted by Gasteiger charge is -2.26. The third-order valence-corrected chi connectivity index (χ3v) is 3.70. The Kier molecular flexibility index (Phi) is 5.18. The van der Waals surface area contributed by atoms with Gasteiger partial charge in [-0.05, 0) is 0 Å². The molecule has 3 rings (SSSR count). The number of nitrogens with one attached hydrogen (secondary N) is 1. The fourth-order valence-corrected chi connectivity index (χ4v) is 2.47. The van der Waals surface area contributed by atoms with Crippen molar-refractivity contribution in [2.75, 3.05) is 38.2 Å². The minimum atomic E-state index is -0.0977. The summed E-state index contributed by atoms with van der Waals surface area (Å²) in [7, 11) is 0. The van der Waals surface area contributed by atoms with Gasteiger partial charge in [-0.25, -0.2) is 9.97 Å². The van der Waals surface area contributed by atoms with Crippen LogP contribution in [0.15, 0.2) is 49.1 Å². The Hall–Kier alpha value is -2.73. The van der Waals surface area contributed by atoms with Crippen LogP contribution in [0.4, 0.5) is 5.82 Å². The van der Waals surface area contributed by atoms with Gasteiger partial charge in [0.15, 0.2) is 5.82 Å². The first-order chi connectivity index (χ1) is 11.8. The van der Waals surface area contributed by atoms with E-state index in [1.165, 1.54) is 0 Å². The highest BCUT2D eigenvalue weighted by Crippen LogP contribution is 2.19. The van der Waals surface area contributed by atoms with E-state index in [1.807, 2.05) is 30.3 Å². The number of anilines is 1. The number of benzene rings is 1. The number of hydrogen-bond acceptors (Lipinski definition) is 5.